The van der Waals surface area contributed by atoms with Gasteiger partial charge >= 0.3 is 0 Å². The van der Waals surface area contributed by atoms with E-state index in [1.807, 2.05) is 19.1 Å². The van der Waals surface area contributed by atoms with Crippen molar-refractivity contribution in [3.05, 3.63) is 107 Å². The average molecular weight is 390 g/mol. The zero-order chi connectivity index (χ0) is 20.5. The van der Waals surface area contributed by atoms with E-state index in [0.717, 1.165) is 11.2 Å². The number of hydrogen-bond acceptors (Lipinski definition) is 1. The summed E-state index contributed by atoms with van der Waals surface area (Å²) < 4.78 is 0. The lowest BCUT2D eigenvalue weighted by atomic mass is 9.80. The molecular formula is C29H27N. The fourth-order valence-electron chi connectivity index (χ4n) is 4.90. The molecule has 30 heavy (non-hydrogen) atoms. The van der Waals surface area contributed by atoms with Crippen LogP contribution in [0.2, 0.25) is 0 Å². The van der Waals surface area contributed by atoms with Crippen LogP contribution in [-0.4, -0.2) is 4.98 Å². The lowest BCUT2D eigenvalue weighted by molar-refractivity contribution is 0.831. The van der Waals surface area contributed by atoms with Gasteiger partial charge in [0.1, 0.15) is 0 Å². The van der Waals surface area contributed by atoms with Crippen LogP contribution >= 0.6 is 0 Å². The lowest BCUT2D eigenvalue weighted by Gasteiger charge is -2.25. The van der Waals surface area contributed by atoms with Gasteiger partial charge in [-0.3, -0.25) is 4.98 Å². The molecule has 0 aliphatic heterocycles. The third-order valence-electron chi connectivity index (χ3n) is 6.34. The van der Waals surface area contributed by atoms with Gasteiger partial charge in [0, 0.05) is 11.1 Å². The molecule has 0 fully saturated rings. The second-order valence-corrected chi connectivity index (χ2v) is 8.37. The van der Waals surface area contributed by atoms with E-state index in [9.17, 15) is 0 Å². The van der Waals surface area contributed by atoms with Crippen molar-refractivity contribution >= 4 is 27.2 Å². The van der Waals surface area contributed by atoms with Gasteiger partial charge in [0.15, 0.2) is 0 Å². The van der Waals surface area contributed by atoms with E-state index in [1.165, 1.54) is 58.5 Å². The van der Waals surface area contributed by atoms with Crippen molar-refractivity contribution < 1.29 is 0 Å². The Bertz CT molecular complexity index is 1310. The van der Waals surface area contributed by atoms with Crippen LogP contribution in [0.3, 0.4) is 0 Å². The highest BCUT2D eigenvalue weighted by molar-refractivity contribution is 5.93. The van der Waals surface area contributed by atoms with Crippen molar-refractivity contribution in [3.8, 4) is 0 Å². The maximum absolute atomic E-state index is 4.44. The third kappa shape index (κ3) is 3.45. The van der Waals surface area contributed by atoms with Gasteiger partial charge in [-0.25, -0.2) is 0 Å². The number of benzene rings is 3. The first kappa shape index (κ1) is 18.8. The number of rotatable bonds is 0. The molecule has 0 radical (unpaired) electrons. The Balaban J connectivity index is 0.000000140. The first-order valence-corrected chi connectivity index (χ1v) is 10.9. The van der Waals surface area contributed by atoms with Crippen LogP contribution < -0.4 is 0 Å². The quantitative estimate of drug-likeness (QED) is 0.300. The summed E-state index contributed by atoms with van der Waals surface area (Å²) >= 11 is 0. The first-order chi connectivity index (χ1) is 14.7. The molecule has 148 valence electrons. The summed E-state index contributed by atoms with van der Waals surface area (Å²) in [7, 11) is 0. The molecule has 0 bridgehead atoms. The molecule has 1 heteroatoms. The molecule has 0 saturated heterocycles. The van der Waals surface area contributed by atoms with E-state index in [-0.39, 0.29) is 0 Å². The minimum Gasteiger partial charge on any atom is -0.253 e. The Morgan fingerprint density at radius 2 is 1.57 bits per heavy atom. The predicted molar refractivity (Wildman–Crippen MR) is 129 cm³/mol. The number of fused-ring (bicyclic) bond motifs is 5. The summed E-state index contributed by atoms with van der Waals surface area (Å²) in [6.45, 7) is 4.15. The number of pyridine rings is 1. The standard InChI is InChI=1S/C18H16.C11H11N/c1-3-7-15-13(5-1)9-11-18-16-8-4-2-6-14(16)10-12-17(15)18;1-8-7-9(2)12-11-6-4-3-5-10(8)11/h1,3-5,7-9,11H,2,6,10,12H2;3-7H,1-2H3. The Morgan fingerprint density at radius 3 is 2.47 bits per heavy atom. The number of allylic oxidation sites excluding steroid dienone is 4. The van der Waals surface area contributed by atoms with Crippen LogP contribution in [0.1, 0.15) is 41.6 Å². The van der Waals surface area contributed by atoms with E-state index in [1.54, 1.807) is 11.1 Å². The Morgan fingerprint density at radius 1 is 0.767 bits per heavy atom. The predicted octanol–water partition coefficient (Wildman–Crippen LogP) is 7.74. The Labute approximate surface area is 178 Å². The fraction of sp³-hybridized carbons (Fsp3) is 0.207. The molecule has 1 aromatic heterocycles. The topological polar surface area (TPSA) is 12.9 Å². The zero-order valence-corrected chi connectivity index (χ0v) is 17.8. The molecule has 1 heterocycles. The molecule has 0 spiro atoms. The molecule has 0 saturated carbocycles. The SMILES string of the molecule is C1=CC2=C(CC1)CCc1c2ccc2ccccc12.Cc1cc(C)c2ccccc2n1. The zero-order valence-electron chi connectivity index (χ0n) is 17.8. The summed E-state index contributed by atoms with van der Waals surface area (Å²) in [5, 5.41) is 4.07. The van der Waals surface area contributed by atoms with E-state index in [4.69, 9.17) is 0 Å². The lowest BCUT2D eigenvalue weighted by Crippen LogP contribution is -2.06. The molecule has 0 N–H and O–H groups in total. The molecule has 3 aromatic carbocycles. The maximum Gasteiger partial charge on any atom is 0.0707 e. The average Bonchev–Trinajstić information content (AvgIpc) is 2.79. The molecule has 4 aromatic rings. The van der Waals surface area contributed by atoms with E-state index in [2.05, 4.69) is 78.7 Å². The molecule has 1 nitrogen and oxygen atoms in total. The maximum atomic E-state index is 4.44. The second kappa shape index (κ2) is 7.91. The summed E-state index contributed by atoms with van der Waals surface area (Å²) in [4.78, 5) is 4.44. The molecule has 0 unspecified atom stereocenters. The molecule has 0 atom stereocenters. The minimum absolute atomic E-state index is 1.09. The summed E-state index contributed by atoms with van der Waals surface area (Å²) in [6.07, 6.45) is 9.61. The van der Waals surface area contributed by atoms with Crippen LogP contribution in [0, 0.1) is 13.8 Å². The largest absolute Gasteiger partial charge is 0.253 e. The van der Waals surface area contributed by atoms with Gasteiger partial charge < -0.3 is 0 Å². The monoisotopic (exact) mass is 389 g/mol. The van der Waals surface area contributed by atoms with Crippen LogP contribution in [0.25, 0.3) is 27.2 Å². The van der Waals surface area contributed by atoms with Gasteiger partial charge in [-0.05, 0) is 84.7 Å². The Hall–Kier alpha value is -3.19. The van der Waals surface area contributed by atoms with Crippen LogP contribution in [-0.2, 0) is 6.42 Å². The summed E-state index contributed by atoms with van der Waals surface area (Å²) in [5.41, 5.74) is 9.69. The van der Waals surface area contributed by atoms with Gasteiger partial charge in [-0.1, -0.05) is 72.3 Å². The summed E-state index contributed by atoms with van der Waals surface area (Å²) in [6, 6.07) is 23.7. The van der Waals surface area contributed by atoms with E-state index in [0.29, 0.717) is 0 Å². The summed E-state index contributed by atoms with van der Waals surface area (Å²) in [5.74, 6) is 0. The number of para-hydroxylation sites is 1. The highest BCUT2D eigenvalue weighted by Gasteiger charge is 2.20. The van der Waals surface area contributed by atoms with Gasteiger partial charge in [0.25, 0.3) is 0 Å². The number of aromatic nitrogens is 1. The van der Waals surface area contributed by atoms with E-state index >= 15 is 0 Å². The third-order valence-corrected chi connectivity index (χ3v) is 6.34. The normalized spacial score (nSPS) is 14.9. The van der Waals surface area contributed by atoms with Gasteiger partial charge in [0.2, 0.25) is 0 Å². The first-order valence-electron chi connectivity index (χ1n) is 10.9. The molecular weight excluding hydrogens is 362 g/mol. The molecule has 2 aliphatic rings. The highest BCUT2D eigenvalue weighted by Crippen LogP contribution is 2.39. The van der Waals surface area contributed by atoms with Gasteiger partial charge in [-0.2, -0.15) is 0 Å². The second-order valence-electron chi connectivity index (χ2n) is 8.37. The minimum atomic E-state index is 1.09. The number of nitrogens with zero attached hydrogens (tertiary/aromatic N) is 1. The van der Waals surface area contributed by atoms with Crippen molar-refractivity contribution in [3.63, 3.8) is 0 Å². The van der Waals surface area contributed by atoms with Crippen LogP contribution in [0.15, 0.2) is 84.5 Å². The smallest absolute Gasteiger partial charge is 0.0707 e. The van der Waals surface area contributed by atoms with Crippen molar-refractivity contribution in [2.75, 3.05) is 0 Å². The van der Waals surface area contributed by atoms with Gasteiger partial charge in [0.05, 0.1) is 5.52 Å². The number of aryl methyl sites for hydroxylation is 3. The van der Waals surface area contributed by atoms with Crippen molar-refractivity contribution in [1.29, 1.82) is 0 Å². The Kier molecular flexibility index (Phi) is 4.96. The molecule has 6 rings (SSSR count). The van der Waals surface area contributed by atoms with Crippen LogP contribution in [0.4, 0.5) is 0 Å². The fourth-order valence-corrected chi connectivity index (χ4v) is 4.90. The van der Waals surface area contributed by atoms with E-state index < -0.39 is 0 Å². The van der Waals surface area contributed by atoms with Crippen molar-refractivity contribution in [1.82, 2.24) is 4.98 Å². The molecule has 2 aliphatic carbocycles. The molecule has 0 amide bonds. The number of hydrogen-bond donors (Lipinski definition) is 0. The van der Waals surface area contributed by atoms with Gasteiger partial charge in [-0.15, -0.1) is 0 Å². The van der Waals surface area contributed by atoms with Crippen LogP contribution in [0.5, 0.6) is 0 Å². The van der Waals surface area contributed by atoms with Crippen molar-refractivity contribution in [2.45, 2.75) is 39.5 Å². The highest BCUT2D eigenvalue weighted by atomic mass is 14.7. The van der Waals surface area contributed by atoms with Crippen molar-refractivity contribution in [2.24, 2.45) is 0 Å².